The highest BCUT2D eigenvalue weighted by atomic mass is 32.2. The predicted octanol–water partition coefficient (Wildman–Crippen LogP) is 2.63. The summed E-state index contributed by atoms with van der Waals surface area (Å²) in [5.41, 5.74) is 0.823. The van der Waals surface area contributed by atoms with Crippen LogP contribution >= 0.6 is 11.8 Å². The Balaban J connectivity index is 1.58. The smallest absolute Gasteiger partial charge is 0.269 e. The van der Waals surface area contributed by atoms with Crippen molar-refractivity contribution >= 4 is 40.6 Å². The van der Waals surface area contributed by atoms with Crippen molar-refractivity contribution in [3.63, 3.8) is 0 Å². The van der Waals surface area contributed by atoms with Gasteiger partial charge in [0, 0.05) is 30.9 Å². The fourth-order valence-corrected chi connectivity index (χ4v) is 2.79. The largest absolute Gasteiger partial charge is 0.383 e. The van der Waals surface area contributed by atoms with Gasteiger partial charge in [-0.15, -0.1) is 11.8 Å². The summed E-state index contributed by atoms with van der Waals surface area (Å²) in [7, 11) is 0. The molecule has 28 heavy (non-hydrogen) atoms. The van der Waals surface area contributed by atoms with Gasteiger partial charge in [-0.3, -0.25) is 19.7 Å². The number of hydrogen-bond acceptors (Lipinski definition) is 6. The van der Waals surface area contributed by atoms with Crippen molar-refractivity contribution < 1.29 is 18.9 Å². The first-order chi connectivity index (χ1) is 13.5. The number of nitrogens with one attached hydrogen (secondary N) is 3. The zero-order valence-electron chi connectivity index (χ0n) is 14.8. The molecule has 0 aliphatic carbocycles. The fourth-order valence-electron chi connectivity index (χ4n) is 2.15. The Morgan fingerprint density at radius 2 is 1.68 bits per heavy atom. The van der Waals surface area contributed by atoms with E-state index in [2.05, 4.69) is 16.0 Å². The maximum Gasteiger partial charge on any atom is 0.269 e. The molecule has 3 N–H and O–H groups in total. The number of hydrogen-bond donors (Lipinski definition) is 3. The van der Waals surface area contributed by atoms with Crippen molar-refractivity contribution in [3.8, 4) is 0 Å². The van der Waals surface area contributed by atoms with E-state index in [4.69, 9.17) is 0 Å². The zero-order valence-corrected chi connectivity index (χ0v) is 15.6. The summed E-state index contributed by atoms with van der Waals surface area (Å²) in [6, 6.07) is 11.8. The lowest BCUT2D eigenvalue weighted by Gasteiger charge is -2.08. The maximum absolute atomic E-state index is 13.4. The summed E-state index contributed by atoms with van der Waals surface area (Å²) in [5, 5.41) is 18.7. The fraction of sp³-hybridized carbons (Fsp3) is 0.222. The normalized spacial score (nSPS) is 10.2. The molecule has 2 aromatic carbocycles. The van der Waals surface area contributed by atoms with Crippen LogP contribution < -0.4 is 16.0 Å². The number of carbonyl (C=O) groups excluding carboxylic acids is 2. The van der Waals surface area contributed by atoms with Gasteiger partial charge in [0.2, 0.25) is 11.8 Å². The average molecular weight is 406 g/mol. The van der Waals surface area contributed by atoms with E-state index >= 15 is 0 Å². The first-order valence-electron chi connectivity index (χ1n) is 8.33. The molecule has 2 rings (SSSR count). The second kappa shape index (κ2) is 10.9. The molecular formula is C18H19FN4O4S. The van der Waals surface area contributed by atoms with Crippen LogP contribution in [0.15, 0.2) is 48.5 Å². The number of nitro groups is 1. The van der Waals surface area contributed by atoms with Crippen LogP contribution in [0.2, 0.25) is 0 Å². The minimum Gasteiger partial charge on any atom is -0.383 e. The van der Waals surface area contributed by atoms with Crippen molar-refractivity contribution in [2.24, 2.45) is 0 Å². The summed E-state index contributed by atoms with van der Waals surface area (Å²) >= 11 is 1.12. The number of halogens is 1. The number of rotatable bonds is 10. The third-order valence-corrected chi connectivity index (χ3v) is 4.40. The molecule has 0 aromatic heterocycles. The molecule has 0 aliphatic heterocycles. The van der Waals surface area contributed by atoms with Crippen molar-refractivity contribution in [1.29, 1.82) is 0 Å². The molecule has 0 saturated heterocycles. The number of nitro benzene ring substituents is 1. The molecule has 0 heterocycles. The summed E-state index contributed by atoms with van der Waals surface area (Å²) in [4.78, 5) is 33.6. The van der Waals surface area contributed by atoms with Gasteiger partial charge in [0.1, 0.15) is 5.82 Å². The highest BCUT2D eigenvalue weighted by Gasteiger charge is 2.08. The Morgan fingerprint density at radius 1 is 1.00 bits per heavy atom. The van der Waals surface area contributed by atoms with Crippen LogP contribution in [-0.2, 0) is 9.59 Å². The predicted molar refractivity (Wildman–Crippen MR) is 107 cm³/mol. The summed E-state index contributed by atoms with van der Waals surface area (Å²) in [6.45, 7) is 0.805. The lowest BCUT2D eigenvalue weighted by atomic mass is 10.3. The Labute approximate surface area is 165 Å². The van der Waals surface area contributed by atoms with E-state index in [-0.39, 0.29) is 34.7 Å². The first kappa shape index (κ1) is 21.2. The molecule has 0 saturated carbocycles. The second-order valence-corrected chi connectivity index (χ2v) is 6.59. The van der Waals surface area contributed by atoms with Crippen LogP contribution in [0.25, 0.3) is 0 Å². The molecule has 2 aromatic rings. The molecule has 0 unspecified atom stereocenters. The van der Waals surface area contributed by atoms with Crippen LogP contribution in [0, 0.1) is 15.9 Å². The number of anilines is 2. The van der Waals surface area contributed by atoms with Crippen LogP contribution in [0.5, 0.6) is 0 Å². The summed E-state index contributed by atoms with van der Waals surface area (Å²) < 4.78 is 13.4. The number of thioether (sulfide) groups is 1. The van der Waals surface area contributed by atoms with E-state index in [1.165, 1.54) is 30.3 Å². The molecule has 0 bridgehead atoms. The van der Waals surface area contributed by atoms with Crippen LogP contribution in [0.4, 0.5) is 21.5 Å². The molecule has 0 aliphatic rings. The van der Waals surface area contributed by atoms with Gasteiger partial charge >= 0.3 is 0 Å². The zero-order chi connectivity index (χ0) is 20.4. The van der Waals surface area contributed by atoms with E-state index in [1.54, 1.807) is 18.2 Å². The van der Waals surface area contributed by atoms with Crippen molar-refractivity contribution in [2.45, 2.75) is 0 Å². The third kappa shape index (κ3) is 7.23. The van der Waals surface area contributed by atoms with Gasteiger partial charge in [0.25, 0.3) is 5.69 Å². The Morgan fingerprint density at radius 3 is 2.36 bits per heavy atom. The van der Waals surface area contributed by atoms with Gasteiger partial charge in [-0.1, -0.05) is 12.1 Å². The van der Waals surface area contributed by atoms with Gasteiger partial charge in [0.15, 0.2) is 0 Å². The molecule has 0 spiro atoms. The standard InChI is InChI=1S/C18H19FN4O4S/c19-15-3-1-2-4-16(15)22-18(25)12-28-11-17(24)21-10-9-20-13-5-7-14(8-6-13)23(26)27/h1-8,20H,9-12H2,(H,21,24)(H,22,25). The van der Waals surface area contributed by atoms with E-state index in [0.29, 0.717) is 18.8 Å². The molecule has 0 radical (unpaired) electrons. The maximum atomic E-state index is 13.4. The highest BCUT2D eigenvalue weighted by Crippen LogP contribution is 2.15. The van der Waals surface area contributed by atoms with E-state index in [0.717, 1.165) is 11.8 Å². The van der Waals surface area contributed by atoms with Crippen molar-refractivity contribution in [2.75, 3.05) is 35.2 Å². The van der Waals surface area contributed by atoms with Crippen molar-refractivity contribution in [1.82, 2.24) is 5.32 Å². The Bertz CT molecular complexity index is 833. The van der Waals surface area contributed by atoms with Gasteiger partial charge in [-0.05, 0) is 24.3 Å². The molecule has 2 amide bonds. The average Bonchev–Trinajstić information content (AvgIpc) is 2.67. The number of amides is 2. The summed E-state index contributed by atoms with van der Waals surface area (Å²) in [5.74, 6) is -0.999. The minimum absolute atomic E-state index is 0.00918. The Hall–Kier alpha value is -3.14. The van der Waals surface area contributed by atoms with Gasteiger partial charge < -0.3 is 16.0 Å². The molecule has 148 valence electrons. The second-order valence-electron chi connectivity index (χ2n) is 5.60. The van der Waals surface area contributed by atoms with E-state index in [9.17, 15) is 24.1 Å². The van der Waals surface area contributed by atoms with Crippen LogP contribution in [0.3, 0.4) is 0 Å². The molecule has 0 atom stereocenters. The molecule has 0 fully saturated rings. The molecule has 10 heteroatoms. The molecular weight excluding hydrogens is 387 g/mol. The lowest BCUT2D eigenvalue weighted by Crippen LogP contribution is -2.30. The number of benzene rings is 2. The quantitative estimate of drug-likeness (QED) is 0.318. The first-order valence-corrected chi connectivity index (χ1v) is 9.48. The Kier molecular flexibility index (Phi) is 8.22. The van der Waals surface area contributed by atoms with Crippen molar-refractivity contribution in [3.05, 3.63) is 64.5 Å². The van der Waals surface area contributed by atoms with Gasteiger partial charge in [0.05, 0.1) is 22.1 Å². The summed E-state index contributed by atoms with van der Waals surface area (Å²) in [6.07, 6.45) is 0. The van der Waals surface area contributed by atoms with Gasteiger partial charge in [-0.25, -0.2) is 4.39 Å². The van der Waals surface area contributed by atoms with Crippen LogP contribution in [-0.4, -0.2) is 41.3 Å². The minimum atomic E-state index is -0.515. The monoisotopic (exact) mass is 406 g/mol. The number of carbonyl (C=O) groups is 2. The highest BCUT2D eigenvalue weighted by molar-refractivity contribution is 8.00. The number of non-ortho nitro benzene ring substituents is 1. The molecule has 8 nitrogen and oxygen atoms in total. The van der Waals surface area contributed by atoms with Crippen LogP contribution in [0.1, 0.15) is 0 Å². The number of nitrogens with zero attached hydrogens (tertiary/aromatic N) is 1. The lowest BCUT2D eigenvalue weighted by molar-refractivity contribution is -0.384. The van der Waals surface area contributed by atoms with Gasteiger partial charge in [-0.2, -0.15) is 0 Å². The topological polar surface area (TPSA) is 113 Å². The SMILES string of the molecule is O=C(CSCC(=O)Nc1ccccc1F)NCCNc1ccc([N+](=O)[O-])cc1. The number of para-hydroxylation sites is 1. The van der Waals surface area contributed by atoms with E-state index < -0.39 is 10.7 Å². The third-order valence-electron chi connectivity index (χ3n) is 3.47. The van der Waals surface area contributed by atoms with E-state index in [1.807, 2.05) is 0 Å².